The van der Waals surface area contributed by atoms with E-state index in [2.05, 4.69) is 26.5 Å². The predicted molar refractivity (Wildman–Crippen MR) is 117 cm³/mol. The number of nitrogens with one attached hydrogen (secondary N) is 1. The van der Waals surface area contributed by atoms with Crippen molar-refractivity contribution in [3.05, 3.63) is 92.9 Å². The van der Waals surface area contributed by atoms with Crippen molar-refractivity contribution in [2.45, 2.75) is 13.2 Å². The smallest absolute Gasteiger partial charge is 0.175 e. The third kappa shape index (κ3) is 5.50. The number of methoxy groups -OCH3 is 1. The Morgan fingerprint density at radius 2 is 1.82 bits per heavy atom. The molecular weight excluding hydrogens is 440 g/mol. The highest BCUT2D eigenvalue weighted by molar-refractivity contribution is 9.10. The van der Waals surface area contributed by atoms with Crippen molar-refractivity contribution in [2.75, 3.05) is 7.11 Å². The summed E-state index contributed by atoms with van der Waals surface area (Å²) in [6, 6.07) is 21.5. The SMILES string of the molecule is COc1cc(/C=N\NCc2ccccc2Cl)cc(Br)c1OCc1ccccc1. The lowest BCUT2D eigenvalue weighted by Gasteiger charge is -2.13. The van der Waals surface area contributed by atoms with E-state index in [-0.39, 0.29) is 0 Å². The van der Waals surface area contributed by atoms with Crippen LogP contribution >= 0.6 is 27.5 Å². The second kappa shape index (κ2) is 10.2. The lowest BCUT2D eigenvalue weighted by molar-refractivity contribution is 0.282. The average molecular weight is 460 g/mol. The zero-order chi connectivity index (χ0) is 19.8. The Balaban J connectivity index is 1.65. The van der Waals surface area contributed by atoms with Gasteiger partial charge >= 0.3 is 0 Å². The summed E-state index contributed by atoms with van der Waals surface area (Å²) >= 11 is 9.71. The van der Waals surface area contributed by atoms with Crippen molar-refractivity contribution >= 4 is 33.7 Å². The number of hydrogen-bond donors (Lipinski definition) is 1. The molecule has 0 amide bonds. The Kier molecular flexibility index (Phi) is 7.34. The fourth-order valence-corrected chi connectivity index (χ4v) is 3.35. The number of hydrazone groups is 1. The van der Waals surface area contributed by atoms with Gasteiger partial charge in [-0.3, -0.25) is 0 Å². The number of halogens is 2. The van der Waals surface area contributed by atoms with Gasteiger partial charge in [-0.05, 0) is 50.8 Å². The summed E-state index contributed by atoms with van der Waals surface area (Å²) in [6.45, 7) is 1.01. The molecule has 0 aliphatic rings. The van der Waals surface area contributed by atoms with Crippen LogP contribution in [0, 0.1) is 0 Å². The second-order valence-electron chi connectivity index (χ2n) is 5.99. The van der Waals surface area contributed by atoms with Gasteiger partial charge in [0.05, 0.1) is 24.3 Å². The third-order valence-electron chi connectivity index (χ3n) is 4.01. The number of nitrogens with zero attached hydrogens (tertiary/aromatic N) is 1. The molecule has 0 aliphatic heterocycles. The summed E-state index contributed by atoms with van der Waals surface area (Å²) in [5, 5.41) is 4.98. The van der Waals surface area contributed by atoms with Crippen LogP contribution in [-0.4, -0.2) is 13.3 Å². The van der Waals surface area contributed by atoms with Crippen LogP contribution in [0.5, 0.6) is 11.5 Å². The first-order valence-electron chi connectivity index (χ1n) is 8.71. The monoisotopic (exact) mass is 458 g/mol. The molecule has 0 aliphatic carbocycles. The summed E-state index contributed by atoms with van der Waals surface area (Å²) in [7, 11) is 1.62. The standard InChI is InChI=1S/C22H20BrClN2O2/c1-27-21-12-17(13-25-26-14-18-9-5-6-10-20(18)24)11-19(23)22(21)28-15-16-7-3-2-4-8-16/h2-13,26H,14-15H2,1H3/b25-13-. The molecule has 144 valence electrons. The molecule has 0 unspecified atom stereocenters. The van der Waals surface area contributed by atoms with E-state index < -0.39 is 0 Å². The molecule has 0 saturated carbocycles. The summed E-state index contributed by atoms with van der Waals surface area (Å²) in [5.41, 5.74) is 5.96. The maximum absolute atomic E-state index is 6.14. The van der Waals surface area contributed by atoms with Gasteiger partial charge in [-0.25, -0.2) is 0 Å². The molecule has 0 radical (unpaired) electrons. The van der Waals surface area contributed by atoms with Gasteiger partial charge in [-0.2, -0.15) is 5.10 Å². The van der Waals surface area contributed by atoms with Gasteiger partial charge in [0.25, 0.3) is 0 Å². The minimum atomic E-state index is 0.461. The van der Waals surface area contributed by atoms with Crippen LogP contribution in [0.2, 0.25) is 5.02 Å². The van der Waals surface area contributed by atoms with Crippen LogP contribution in [0.15, 0.2) is 76.3 Å². The van der Waals surface area contributed by atoms with Gasteiger partial charge in [-0.15, -0.1) is 0 Å². The zero-order valence-corrected chi connectivity index (χ0v) is 17.7. The highest BCUT2D eigenvalue weighted by atomic mass is 79.9. The first kappa shape index (κ1) is 20.2. The van der Waals surface area contributed by atoms with E-state index in [1.165, 1.54) is 0 Å². The first-order chi connectivity index (χ1) is 13.7. The number of rotatable bonds is 8. The topological polar surface area (TPSA) is 42.8 Å². The predicted octanol–water partition coefficient (Wildman–Crippen LogP) is 5.81. The van der Waals surface area contributed by atoms with Crippen molar-refractivity contribution in [2.24, 2.45) is 5.10 Å². The Morgan fingerprint density at radius 1 is 1.07 bits per heavy atom. The Morgan fingerprint density at radius 3 is 2.57 bits per heavy atom. The maximum Gasteiger partial charge on any atom is 0.175 e. The van der Waals surface area contributed by atoms with Gasteiger partial charge in [0.1, 0.15) is 6.61 Å². The fourth-order valence-electron chi connectivity index (χ4n) is 2.58. The highest BCUT2D eigenvalue weighted by Gasteiger charge is 2.11. The molecule has 1 N–H and O–H groups in total. The van der Waals surface area contributed by atoms with E-state index in [9.17, 15) is 0 Å². The Labute approximate surface area is 178 Å². The largest absolute Gasteiger partial charge is 0.493 e. The van der Waals surface area contributed by atoms with Crippen LogP contribution in [0.25, 0.3) is 0 Å². The third-order valence-corrected chi connectivity index (χ3v) is 4.97. The molecule has 0 aromatic heterocycles. The van der Waals surface area contributed by atoms with Crippen molar-refractivity contribution in [1.82, 2.24) is 5.43 Å². The number of hydrogen-bond acceptors (Lipinski definition) is 4. The highest BCUT2D eigenvalue weighted by Crippen LogP contribution is 2.36. The van der Waals surface area contributed by atoms with Crippen molar-refractivity contribution in [1.29, 1.82) is 0 Å². The molecule has 0 spiro atoms. The molecule has 6 heteroatoms. The number of benzene rings is 3. The Bertz CT molecular complexity index is 949. The quantitative estimate of drug-likeness (QED) is 0.341. The van der Waals surface area contributed by atoms with Crippen molar-refractivity contribution in [3.8, 4) is 11.5 Å². The molecule has 0 bridgehead atoms. The van der Waals surface area contributed by atoms with Crippen LogP contribution in [0.4, 0.5) is 0 Å². The van der Waals surface area contributed by atoms with Crippen LogP contribution in [0.1, 0.15) is 16.7 Å². The van der Waals surface area contributed by atoms with Gasteiger partial charge < -0.3 is 14.9 Å². The molecule has 3 aromatic carbocycles. The molecule has 28 heavy (non-hydrogen) atoms. The summed E-state index contributed by atoms with van der Waals surface area (Å²) in [5.74, 6) is 1.30. The molecule has 0 saturated heterocycles. The first-order valence-corrected chi connectivity index (χ1v) is 9.88. The Hall–Kier alpha value is -2.50. The van der Waals surface area contributed by atoms with Gasteiger partial charge in [-0.1, -0.05) is 60.1 Å². The maximum atomic E-state index is 6.14. The molecule has 3 aromatic rings. The normalized spacial score (nSPS) is 10.8. The molecular formula is C22H20BrClN2O2. The van der Waals surface area contributed by atoms with Gasteiger partial charge in [0, 0.05) is 5.02 Å². The summed E-state index contributed by atoms with van der Waals surface area (Å²) < 4.78 is 12.2. The van der Waals surface area contributed by atoms with E-state index in [0.29, 0.717) is 24.7 Å². The molecule has 0 atom stereocenters. The van der Waals surface area contributed by atoms with Crippen LogP contribution in [0.3, 0.4) is 0 Å². The minimum Gasteiger partial charge on any atom is -0.493 e. The van der Waals surface area contributed by atoms with Gasteiger partial charge in [0.2, 0.25) is 0 Å². The second-order valence-corrected chi connectivity index (χ2v) is 7.25. The van der Waals surface area contributed by atoms with Gasteiger partial charge in [0.15, 0.2) is 11.5 Å². The van der Waals surface area contributed by atoms with E-state index in [1.54, 1.807) is 13.3 Å². The van der Waals surface area contributed by atoms with E-state index in [1.807, 2.05) is 66.7 Å². The minimum absolute atomic E-state index is 0.461. The van der Waals surface area contributed by atoms with E-state index in [0.717, 1.165) is 26.2 Å². The molecule has 3 rings (SSSR count). The lowest BCUT2D eigenvalue weighted by atomic mass is 10.2. The van der Waals surface area contributed by atoms with Crippen molar-refractivity contribution < 1.29 is 9.47 Å². The van der Waals surface area contributed by atoms with Crippen LogP contribution < -0.4 is 14.9 Å². The fraction of sp³-hybridized carbons (Fsp3) is 0.136. The van der Waals surface area contributed by atoms with E-state index >= 15 is 0 Å². The molecule has 0 fully saturated rings. The number of ether oxygens (including phenoxy) is 2. The van der Waals surface area contributed by atoms with Crippen molar-refractivity contribution in [3.63, 3.8) is 0 Å². The lowest BCUT2D eigenvalue weighted by Crippen LogP contribution is -2.06. The average Bonchev–Trinajstić information content (AvgIpc) is 2.72. The molecule has 0 heterocycles. The summed E-state index contributed by atoms with van der Waals surface area (Å²) in [6.07, 6.45) is 1.73. The van der Waals surface area contributed by atoms with E-state index in [4.69, 9.17) is 21.1 Å². The summed E-state index contributed by atoms with van der Waals surface area (Å²) in [4.78, 5) is 0. The molecule has 4 nitrogen and oxygen atoms in total. The zero-order valence-electron chi connectivity index (χ0n) is 15.4. The van der Waals surface area contributed by atoms with Crippen LogP contribution in [-0.2, 0) is 13.2 Å².